The van der Waals surface area contributed by atoms with Crippen molar-refractivity contribution in [3.05, 3.63) is 58.9 Å². The molecule has 0 amide bonds. The lowest BCUT2D eigenvalue weighted by Crippen LogP contribution is -1.91. The molecule has 1 unspecified atom stereocenters. The second kappa shape index (κ2) is 4.31. The molecule has 3 aromatic rings. The van der Waals surface area contributed by atoms with Gasteiger partial charge >= 0.3 is 0 Å². The average molecular weight is 307 g/mol. The molecule has 0 saturated heterocycles. The van der Waals surface area contributed by atoms with Crippen LogP contribution in [0.25, 0.3) is 10.1 Å². The van der Waals surface area contributed by atoms with Crippen molar-refractivity contribution < 1.29 is 4.42 Å². The number of aryl methyl sites for hydroxylation is 1. The van der Waals surface area contributed by atoms with E-state index in [-0.39, 0.29) is 4.83 Å². The van der Waals surface area contributed by atoms with Crippen LogP contribution >= 0.6 is 27.3 Å². The van der Waals surface area contributed by atoms with Gasteiger partial charge in [-0.05, 0) is 40.9 Å². The number of rotatable bonds is 2. The zero-order valence-corrected chi connectivity index (χ0v) is 11.7. The van der Waals surface area contributed by atoms with E-state index in [4.69, 9.17) is 4.42 Å². The first-order valence-corrected chi connectivity index (χ1v) is 7.21. The number of fused-ring (bicyclic) bond motifs is 1. The van der Waals surface area contributed by atoms with Crippen molar-refractivity contribution in [1.82, 2.24) is 0 Å². The Morgan fingerprint density at radius 2 is 2.06 bits per heavy atom. The predicted molar refractivity (Wildman–Crippen MR) is 76.0 cm³/mol. The summed E-state index contributed by atoms with van der Waals surface area (Å²) in [7, 11) is 0. The molecular weight excluding hydrogens is 296 g/mol. The maximum Gasteiger partial charge on any atom is 0.124 e. The van der Waals surface area contributed by atoms with E-state index in [0.29, 0.717) is 0 Å². The number of benzene rings is 1. The largest absolute Gasteiger partial charge is 0.468 e. The molecule has 0 spiro atoms. The molecule has 1 aromatic carbocycles. The molecule has 2 aromatic heterocycles. The van der Waals surface area contributed by atoms with Gasteiger partial charge in [-0.1, -0.05) is 34.1 Å². The molecule has 0 bridgehead atoms. The van der Waals surface area contributed by atoms with Crippen molar-refractivity contribution in [1.29, 1.82) is 0 Å². The van der Waals surface area contributed by atoms with Crippen molar-refractivity contribution >= 4 is 37.4 Å². The molecule has 1 nitrogen and oxygen atoms in total. The van der Waals surface area contributed by atoms with Crippen LogP contribution in [0.4, 0.5) is 0 Å². The summed E-state index contributed by atoms with van der Waals surface area (Å²) >= 11 is 5.51. The zero-order chi connectivity index (χ0) is 11.8. The molecule has 0 aliphatic rings. The molecule has 1 atom stereocenters. The van der Waals surface area contributed by atoms with Gasteiger partial charge in [-0.3, -0.25) is 0 Å². The molecule has 86 valence electrons. The van der Waals surface area contributed by atoms with Gasteiger partial charge in [-0.2, -0.15) is 0 Å². The van der Waals surface area contributed by atoms with Crippen LogP contribution in [-0.2, 0) is 0 Å². The first-order valence-electron chi connectivity index (χ1n) is 5.41. The summed E-state index contributed by atoms with van der Waals surface area (Å²) in [6, 6.07) is 10.5. The molecule has 2 heterocycles. The minimum atomic E-state index is 0.133. The highest BCUT2D eigenvalue weighted by Crippen LogP contribution is 2.39. The van der Waals surface area contributed by atoms with Gasteiger partial charge in [0.15, 0.2) is 0 Å². The van der Waals surface area contributed by atoms with Crippen molar-refractivity contribution in [3.8, 4) is 0 Å². The van der Waals surface area contributed by atoms with Crippen LogP contribution in [0.15, 0.2) is 46.4 Å². The van der Waals surface area contributed by atoms with Gasteiger partial charge < -0.3 is 4.42 Å². The van der Waals surface area contributed by atoms with Gasteiger partial charge in [-0.25, -0.2) is 0 Å². The van der Waals surface area contributed by atoms with Gasteiger partial charge in [0.25, 0.3) is 0 Å². The average Bonchev–Trinajstić information content (AvgIpc) is 2.94. The second-order valence-corrected chi connectivity index (χ2v) is 5.84. The predicted octanol–water partition coefficient (Wildman–Crippen LogP) is 5.29. The molecule has 0 fully saturated rings. The molecule has 3 rings (SSSR count). The molecule has 0 radical (unpaired) electrons. The summed E-state index contributed by atoms with van der Waals surface area (Å²) in [6.45, 7) is 2.07. The Morgan fingerprint density at radius 3 is 2.82 bits per heavy atom. The monoisotopic (exact) mass is 306 g/mol. The number of alkyl halides is 1. The van der Waals surface area contributed by atoms with Crippen LogP contribution in [0.1, 0.15) is 21.7 Å². The number of hydrogen-bond donors (Lipinski definition) is 0. The smallest absolute Gasteiger partial charge is 0.124 e. The van der Waals surface area contributed by atoms with Gasteiger partial charge in [0.05, 0.1) is 11.1 Å². The van der Waals surface area contributed by atoms with Crippen molar-refractivity contribution in [2.45, 2.75) is 11.8 Å². The van der Waals surface area contributed by atoms with Gasteiger partial charge in [0, 0.05) is 4.70 Å². The van der Waals surface area contributed by atoms with Crippen molar-refractivity contribution in [2.24, 2.45) is 0 Å². The normalized spacial score (nSPS) is 13.1. The van der Waals surface area contributed by atoms with Gasteiger partial charge in [0.2, 0.25) is 0 Å². The SMILES string of the molecule is Cc1ccoc1C(Br)c1csc2ccccc12. The Labute approximate surface area is 112 Å². The highest BCUT2D eigenvalue weighted by Gasteiger charge is 2.19. The van der Waals surface area contributed by atoms with Gasteiger partial charge in [0.1, 0.15) is 5.76 Å². The fourth-order valence-electron chi connectivity index (χ4n) is 1.98. The lowest BCUT2D eigenvalue weighted by atomic mass is 10.1. The van der Waals surface area contributed by atoms with Crippen LogP contribution in [0, 0.1) is 6.92 Å². The van der Waals surface area contributed by atoms with Crippen molar-refractivity contribution in [3.63, 3.8) is 0 Å². The Hall–Kier alpha value is -1.06. The van der Waals surface area contributed by atoms with E-state index >= 15 is 0 Å². The lowest BCUT2D eigenvalue weighted by molar-refractivity contribution is 0.517. The summed E-state index contributed by atoms with van der Waals surface area (Å²) in [4.78, 5) is 0.133. The number of halogens is 1. The van der Waals surface area contributed by atoms with E-state index in [1.807, 2.05) is 6.07 Å². The van der Waals surface area contributed by atoms with E-state index in [1.165, 1.54) is 21.2 Å². The Balaban J connectivity index is 2.13. The lowest BCUT2D eigenvalue weighted by Gasteiger charge is -2.07. The summed E-state index contributed by atoms with van der Waals surface area (Å²) < 4.78 is 6.87. The first-order chi connectivity index (χ1) is 8.27. The van der Waals surface area contributed by atoms with E-state index in [1.54, 1.807) is 17.6 Å². The molecule has 3 heteroatoms. The molecule has 0 saturated carbocycles. The standard InChI is InChI=1S/C14H11BrOS/c1-9-6-7-16-14(9)13(15)11-8-17-12-5-3-2-4-10(11)12/h2-8,13H,1H3. The highest BCUT2D eigenvalue weighted by molar-refractivity contribution is 9.09. The van der Waals surface area contributed by atoms with E-state index in [9.17, 15) is 0 Å². The Kier molecular flexibility index (Phi) is 2.81. The zero-order valence-electron chi connectivity index (χ0n) is 9.31. The van der Waals surface area contributed by atoms with Gasteiger partial charge in [-0.15, -0.1) is 11.3 Å². The minimum Gasteiger partial charge on any atom is -0.468 e. The maximum absolute atomic E-state index is 5.56. The number of furan rings is 1. The minimum absolute atomic E-state index is 0.133. The highest BCUT2D eigenvalue weighted by atomic mass is 79.9. The summed E-state index contributed by atoms with van der Waals surface area (Å²) in [5.41, 5.74) is 2.46. The third-order valence-corrected chi connectivity index (χ3v) is 4.81. The van der Waals surface area contributed by atoms with Crippen LogP contribution in [0.5, 0.6) is 0 Å². The van der Waals surface area contributed by atoms with Crippen LogP contribution in [0.3, 0.4) is 0 Å². The quantitative estimate of drug-likeness (QED) is 0.587. The van der Waals surface area contributed by atoms with E-state index < -0.39 is 0 Å². The third kappa shape index (κ3) is 1.83. The molecular formula is C14H11BrOS. The topological polar surface area (TPSA) is 13.1 Å². The van der Waals surface area contributed by atoms with E-state index in [0.717, 1.165) is 5.76 Å². The van der Waals surface area contributed by atoms with E-state index in [2.05, 4.69) is 52.5 Å². The van der Waals surface area contributed by atoms with Crippen molar-refractivity contribution in [2.75, 3.05) is 0 Å². The number of hydrogen-bond acceptors (Lipinski definition) is 2. The Morgan fingerprint density at radius 1 is 1.24 bits per heavy atom. The summed E-state index contributed by atoms with van der Waals surface area (Å²) in [5.74, 6) is 0.994. The third-order valence-electron chi connectivity index (χ3n) is 2.92. The maximum atomic E-state index is 5.56. The molecule has 0 aliphatic heterocycles. The number of thiophene rings is 1. The Bertz CT molecular complexity index is 653. The van der Waals surface area contributed by atoms with Crippen LogP contribution in [-0.4, -0.2) is 0 Å². The van der Waals surface area contributed by atoms with Crippen LogP contribution in [0.2, 0.25) is 0 Å². The molecule has 17 heavy (non-hydrogen) atoms. The molecule has 0 N–H and O–H groups in total. The summed E-state index contributed by atoms with van der Waals surface area (Å²) in [6.07, 6.45) is 1.74. The first kappa shape index (κ1) is 11.1. The second-order valence-electron chi connectivity index (χ2n) is 4.02. The van der Waals surface area contributed by atoms with Crippen LogP contribution < -0.4 is 0 Å². The summed E-state index contributed by atoms with van der Waals surface area (Å²) in [5, 5.41) is 3.50. The fraction of sp³-hybridized carbons (Fsp3) is 0.143. The molecule has 0 aliphatic carbocycles. The fourth-order valence-corrected chi connectivity index (χ4v) is 3.99.